The van der Waals surface area contributed by atoms with Gasteiger partial charge in [0.2, 0.25) is 0 Å². The molecule has 6 heteroatoms. The highest BCUT2D eigenvalue weighted by Gasteiger charge is 2.23. The first kappa shape index (κ1) is 17.2. The number of amides is 1. The molecule has 0 bridgehead atoms. The molecule has 1 atom stereocenters. The van der Waals surface area contributed by atoms with Crippen LogP contribution in [-0.2, 0) is 17.8 Å². The number of carbonyl (C=O) groups is 1. The Morgan fingerprint density at radius 1 is 1.36 bits per heavy atom. The van der Waals surface area contributed by atoms with Gasteiger partial charge in [-0.15, -0.1) is 5.10 Å². The van der Waals surface area contributed by atoms with Gasteiger partial charge in [0.1, 0.15) is 11.6 Å². The maximum Gasteiger partial charge on any atom is 0.260 e. The molecule has 2 aromatic rings. The molecule has 6 nitrogen and oxygen atoms in total. The lowest BCUT2D eigenvalue weighted by Crippen LogP contribution is -2.39. The first-order chi connectivity index (χ1) is 12.1. The number of carbonyl (C=O) groups excluding carboxylic acids is 1. The smallest absolute Gasteiger partial charge is 0.260 e. The number of benzene rings is 1. The van der Waals surface area contributed by atoms with Crippen molar-refractivity contribution in [1.29, 1.82) is 0 Å². The van der Waals surface area contributed by atoms with Gasteiger partial charge in [-0.3, -0.25) is 4.79 Å². The summed E-state index contributed by atoms with van der Waals surface area (Å²) in [7, 11) is 0. The van der Waals surface area contributed by atoms with Crippen molar-refractivity contribution in [3.05, 3.63) is 47.2 Å². The fourth-order valence-corrected chi connectivity index (χ4v) is 3.03. The highest BCUT2D eigenvalue weighted by Crippen LogP contribution is 2.28. The van der Waals surface area contributed by atoms with Gasteiger partial charge in [-0.25, -0.2) is 0 Å². The van der Waals surface area contributed by atoms with E-state index in [1.807, 2.05) is 18.2 Å². The Bertz CT molecular complexity index is 763. The second-order valence-corrected chi connectivity index (χ2v) is 6.44. The molecule has 1 aromatic carbocycles. The van der Waals surface area contributed by atoms with E-state index < -0.39 is 0 Å². The molecule has 25 heavy (non-hydrogen) atoms. The zero-order valence-electron chi connectivity index (χ0n) is 14.7. The van der Waals surface area contributed by atoms with E-state index in [0.717, 1.165) is 29.0 Å². The summed E-state index contributed by atoms with van der Waals surface area (Å²) in [6.45, 7) is 5.48. The lowest BCUT2D eigenvalue weighted by Gasteiger charge is -2.28. The minimum absolute atomic E-state index is 0.0278. The van der Waals surface area contributed by atoms with E-state index in [9.17, 15) is 4.79 Å². The summed E-state index contributed by atoms with van der Waals surface area (Å²) in [6, 6.07) is 9.72. The molecular weight excluding hydrogens is 316 g/mol. The number of nitrogens with zero attached hydrogens (tertiary/aromatic N) is 3. The number of nitrogen functional groups attached to an aromatic ring is 1. The Morgan fingerprint density at radius 3 is 2.96 bits per heavy atom. The molecule has 0 radical (unpaired) electrons. The summed E-state index contributed by atoms with van der Waals surface area (Å²) in [5.74, 6) is 1.54. The van der Waals surface area contributed by atoms with Gasteiger partial charge in [-0.2, -0.15) is 5.10 Å². The van der Waals surface area contributed by atoms with Crippen LogP contribution in [0.1, 0.15) is 43.0 Å². The Kier molecular flexibility index (Phi) is 5.16. The normalized spacial score (nSPS) is 14.7. The van der Waals surface area contributed by atoms with Crippen molar-refractivity contribution in [3.8, 4) is 5.75 Å². The van der Waals surface area contributed by atoms with Crippen LogP contribution < -0.4 is 10.5 Å². The summed E-state index contributed by atoms with van der Waals surface area (Å²) in [5.41, 5.74) is 8.72. The van der Waals surface area contributed by atoms with Crippen molar-refractivity contribution in [1.82, 2.24) is 15.1 Å². The quantitative estimate of drug-likeness (QED) is 0.904. The molecular formula is C19H24N4O2. The van der Waals surface area contributed by atoms with E-state index in [1.54, 1.807) is 11.0 Å². The van der Waals surface area contributed by atoms with Crippen molar-refractivity contribution in [3.63, 3.8) is 0 Å². The molecule has 1 aliphatic heterocycles. The summed E-state index contributed by atoms with van der Waals surface area (Å²) >= 11 is 0. The SMILES string of the molecule is CC[C@H](C)c1ccccc1OCC(=O)N1CCc2nnc(N)cc2C1. The number of hydrogen-bond donors (Lipinski definition) is 1. The molecule has 0 aliphatic carbocycles. The van der Waals surface area contributed by atoms with Crippen LogP contribution in [0.25, 0.3) is 0 Å². The van der Waals surface area contributed by atoms with Crippen LogP contribution in [0.15, 0.2) is 30.3 Å². The van der Waals surface area contributed by atoms with Gasteiger partial charge < -0.3 is 15.4 Å². The second-order valence-electron chi connectivity index (χ2n) is 6.44. The van der Waals surface area contributed by atoms with Crippen molar-refractivity contribution in [2.24, 2.45) is 0 Å². The number of nitrogens with two attached hydrogens (primary N) is 1. The fraction of sp³-hybridized carbons (Fsp3) is 0.421. The molecule has 0 unspecified atom stereocenters. The molecule has 1 aliphatic rings. The lowest BCUT2D eigenvalue weighted by atomic mass is 9.98. The van der Waals surface area contributed by atoms with E-state index in [4.69, 9.17) is 10.5 Å². The highest BCUT2D eigenvalue weighted by molar-refractivity contribution is 5.78. The third-order valence-corrected chi connectivity index (χ3v) is 4.72. The summed E-state index contributed by atoms with van der Waals surface area (Å²) in [4.78, 5) is 14.3. The summed E-state index contributed by atoms with van der Waals surface area (Å²) in [6.07, 6.45) is 1.72. The van der Waals surface area contributed by atoms with E-state index in [1.165, 1.54) is 0 Å². The number of aromatic nitrogens is 2. The topological polar surface area (TPSA) is 81.3 Å². The minimum Gasteiger partial charge on any atom is -0.483 e. The van der Waals surface area contributed by atoms with Crippen LogP contribution in [-0.4, -0.2) is 34.2 Å². The third kappa shape index (κ3) is 3.90. The van der Waals surface area contributed by atoms with Crippen LogP contribution >= 0.6 is 0 Å². The third-order valence-electron chi connectivity index (χ3n) is 4.72. The van der Waals surface area contributed by atoms with Crippen molar-refractivity contribution < 1.29 is 9.53 Å². The Labute approximate surface area is 148 Å². The molecule has 0 saturated heterocycles. The molecule has 1 aromatic heterocycles. The molecule has 1 amide bonds. The predicted octanol–water partition coefficient (Wildman–Crippen LogP) is 2.54. The molecule has 0 fully saturated rings. The molecule has 2 N–H and O–H groups in total. The first-order valence-corrected chi connectivity index (χ1v) is 8.69. The van der Waals surface area contributed by atoms with Crippen molar-refractivity contribution in [2.45, 2.75) is 39.2 Å². The molecule has 0 spiro atoms. The van der Waals surface area contributed by atoms with E-state index in [2.05, 4.69) is 30.1 Å². The first-order valence-electron chi connectivity index (χ1n) is 8.69. The van der Waals surface area contributed by atoms with E-state index in [-0.39, 0.29) is 12.5 Å². The second kappa shape index (κ2) is 7.51. The zero-order valence-corrected chi connectivity index (χ0v) is 14.7. The van der Waals surface area contributed by atoms with Crippen LogP contribution in [0, 0.1) is 0 Å². The number of hydrogen-bond acceptors (Lipinski definition) is 5. The lowest BCUT2D eigenvalue weighted by molar-refractivity contribution is -0.134. The molecule has 2 heterocycles. The number of fused-ring (bicyclic) bond motifs is 1. The molecule has 0 saturated carbocycles. The standard InChI is InChI=1S/C19H24N4O2/c1-3-13(2)15-6-4-5-7-17(15)25-12-19(24)23-9-8-16-14(11-23)10-18(20)22-21-16/h4-7,10,13H,3,8-9,11-12H2,1-2H3,(H2,20,22)/t13-/m0/s1. The van der Waals surface area contributed by atoms with Gasteiger partial charge in [0, 0.05) is 19.5 Å². The van der Waals surface area contributed by atoms with Crippen LogP contribution in [0.4, 0.5) is 5.82 Å². The minimum atomic E-state index is -0.0278. The largest absolute Gasteiger partial charge is 0.483 e. The van der Waals surface area contributed by atoms with Crippen molar-refractivity contribution in [2.75, 3.05) is 18.9 Å². The van der Waals surface area contributed by atoms with E-state index in [0.29, 0.717) is 31.2 Å². The highest BCUT2D eigenvalue weighted by atomic mass is 16.5. The number of ether oxygens (including phenoxy) is 1. The number of rotatable bonds is 5. The average molecular weight is 340 g/mol. The van der Waals surface area contributed by atoms with Crippen LogP contribution in [0.2, 0.25) is 0 Å². The molecule has 132 valence electrons. The number of anilines is 1. The van der Waals surface area contributed by atoms with Gasteiger partial charge >= 0.3 is 0 Å². The molecule has 3 rings (SSSR count). The van der Waals surface area contributed by atoms with Gasteiger partial charge in [-0.05, 0) is 35.6 Å². The monoisotopic (exact) mass is 340 g/mol. The summed E-state index contributed by atoms with van der Waals surface area (Å²) in [5, 5.41) is 7.97. The van der Waals surface area contributed by atoms with Gasteiger partial charge in [0.25, 0.3) is 5.91 Å². The predicted molar refractivity (Wildman–Crippen MR) is 96.2 cm³/mol. The van der Waals surface area contributed by atoms with Crippen LogP contribution in [0.3, 0.4) is 0 Å². The van der Waals surface area contributed by atoms with E-state index >= 15 is 0 Å². The Morgan fingerprint density at radius 2 is 2.16 bits per heavy atom. The van der Waals surface area contributed by atoms with Gasteiger partial charge in [-0.1, -0.05) is 32.0 Å². The maximum absolute atomic E-state index is 12.6. The maximum atomic E-state index is 12.6. The Hall–Kier alpha value is -2.63. The zero-order chi connectivity index (χ0) is 17.8. The van der Waals surface area contributed by atoms with Crippen LogP contribution in [0.5, 0.6) is 5.75 Å². The van der Waals surface area contributed by atoms with Gasteiger partial charge in [0.05, 0.1) is 5.69 Å². The van der Waals surface area contributed by atoms with Gasteiger partial charge in [0.15, 0.2) is 6.61 Å². The fourth-order valence-electron chi connectivity index (χ4n) is 3.03. The Balaban J connectivity index is 1.64. The average Bonchev–Trinajstić information content (AvgIpc) is 2.65. The van der Waals surface area contributed by atoms with Crippen molar-refractivity contribution >= 4 is 11.7 Å². The summed E-state index contributed by atoms with van der Waals surface area (Å²) < 4.78 is 5.84. The number of para-hydroxylation sites is 1.